The Bertz CT molecular complexity index is 740. The van der Waals surface area contributed by atoms with E-state index in [0.717, 1.165) is 32.5 Å². The number of rotatable bonds is 1. The van der Waals surface area contributed by atoms with Crippen molar-refractivity contribution in [3.63, 3.8) is 0 Å². The van der Waals surface area contributed by atoms with Crippen LogP contribution in [0.3, 0.4) is 0 Å². The van der Waals surface area contributed by atoms with Gasteiger partial charge < -0.3 is 10.7 Å². The lowest BCUT2D eigenvalue weighted by Gasteiger charge is -1.95. The fourth-order valence-corrected chi connectivity index (χ4v) is 2.58. The molecule has 0 bridgehead atoms. The van der Waals surface area contributed by atoms with Gasteiger partial charge >= 0.3 is 0 Å². The fourth-order valence-electron chi connectivity index (χ4n) is 2.00. The van der Waals surface area contributed by atoms with Crippen molar-refractivity contribution in [1.29, 1.82) is 0 Å². The second-order valence-corrected chi connectivity index (χ2v) is 5.19. The van der Waals surface area contributed by atoms with E-state index in [1.807, 2.05) is 26.1 Å². The van der Waals surface area contributed by atoms with E-state index in [1.165, 1.54) is 0 Å². The second-order valence-electron chi connectivity index (χ2n) is 4.27. The smallest absolute Gasteiger partial charge is 0.143 e. The quantitative estimate of drug-likeness (QED) is 0.726. The molecule has 0 fully saturated rings. The van der Waals surface area contributed by atoms with E-state index >= 15 is 0 Å². The van der Waals surface area contributed by atoms with Gasteiger partial charge in [-0.2, -0.15) is 5.10 Å². The molecule has 92 valence electrons. The van der Waals surface area contributed by atoms with Gasteiger partial charge in [0.15, 0.2) is 0 Å². The number of nitrogen functional groups attached to an aromatic ring is 1. The van der Waals surface area contributed by atoms with Gasteiger partial charge in [-0.05, 0) is 24.6 Å². The largest absolute Gasteiger partial charge is 0.383 e. The minimum absolute atomic E-state index is 0.603. The van der Waals surface area contributed by atoms with Crippen molar-refractivity contribution >= 4 is 32.8 Å². The van der Waals surface area contributed by atoms with Gasteiger partial charge in [0.1, 0.15) is 11.6 Å². The Morgan fingerprint density at radius 2 is 2.17 bits per heavy atom. The Morgan fingerprint density at radius 3 is 2.83 bits per heavy atom. The summed E-state index contributed by atoms with van der Waals surface area (Å²) in [5.41, 5.74) is 9.84. The summed E-state index contributed by atoms with van der Waals surface area (Å²) in [5.74, 6) is 1.35. The van der Waals surface area contributed by atoms with Gasteiger partial charge in [0.2, 0.25) is 0 Å². The molecule has 0 unspecified atom stereocenters. The van der Waals surface area contributed by atoms with Crippen molar-refractivity contribution in [1.82, 2.24) is 19.7 Å². The van der Waals surface area contributed by atoms with E-state index in [0.29, 0.717) is 5.82 Å². The van der Waals surface area contributed by atoms with E-state index in [4.69, 9.17) is 5.73 Å². The molecule has 0 radical (unpaired) electrons. The molecule has 2 aromatic heterocycles. The summed E-state index contributed by atoms with van der Waals surface area (Å²) in [4.78, 5) is 7.86. The lowest BCUT2D eigenvalue weighted by atomic mass is 10.2. The highest BCUT2D eigenvalue weighted by atomic mass is 79.9. The van der Waals surface area contributed by atoms with Crippen LogP contribution in [0.5, 0.6) is 0 Å². The molecule has 0 aliphatic rings. The zero-order chi connectivity index (χ0) is 12.9. The lowest BCUT2D eigenvalue weighted by Crippen LogP contribution is -1.98. The first-order chi connectivity index (χ1) is 8.56. The first-order valence-electron chi connectivity index (χ1n) is 5.50. The number of anilines is 1. The van der Waals surface area contributed by atoms with Crippen molar-refractivity contribution in [3.8, 4) is 11.4 Å². The Morgan fingerprint density at radius 1 is 1.39 bits per heavy atom. The molecule has 0 aliphatic carbocycles. The first kappa shape index (κ1) is 11.3. The molecule has 3 aromatic rings. The normalized spacial score (nSPS) is 11.3. The number of halogens is 1. The molecular formula is C12H12BrN5. The molecule has 0 aliphatic heterocycles. The van der Waals surface area contributed by atoms with Crippen LogP contribution in [-0.2, 0) is 7.05 Å². The maximum Gasteiger partial charge on any atom is 0.143 e. The van der Waals surface area contributed by atoms with Crippen molar-refractivity contribution in [2.45, 2.75) is 6.92 Å². The van der Waals surface area contributed by atoms with Crippen LogP contribution in [0, 0.1) is 6.92 Å². The highest BCUT2D eigenvalue weighted by Crippen LogP contribution is 2.28. The molecule has 2 heterocycles. The zero-order valence-electron chi connectivity index (χ0n) is 10.0. The number of nitrogens with zero attached hydrogens (tertiary/aromatic N) is 3. The van der Waals surface area contributed by atoms with E-state index in [-0.39, 0.29) is 0 Å². The molecule has 3 N–H and O–H groups in total. The minimum Gasteiger partial charge on any atom is -0.383 e. The number of nitrogens with one attached hydrogen (secondary N) is 1. The maximum absolute atomic E-state index is 5.96. The molecule has 6 heteroatoms. The van der Waals surface area contributed by atoms with Gasteiger partial charge in [0.25, 0.3) is 0 Å². The third-order valence-corrected chi connectivity index (χ3v) is 3.44. The molecule has 3 rings (SSSR count). The van der Waals surface area contributed by atoms with Crippen LogP contribution in [-0.4, -0.2) is 19.7 Å². The standard InChI is InChI=1S/C12H12BrN5/c1-6-3-7(13)4-9-10(6)17-12(16-9)8-5-15-18(2)11(8)14/h3-5H,14H2,1-2H3,(H,16,17). The molecule has 0 saturated heterocycles. The summed E-state index contributed by atoms with van der Waals surface area (Å²) in [6.07, 6.45) is 1.72. The number of aromatic nitrogens is 4. The van der Waals surface area contributed by atoms with Crippen molar-refractivity contribution < 1.29 is 0 Å². The van der Waals surface area contributed by atoms with E-state index in [9.17, 15) is 0 Å². The van der Waals surface area contributed by atoms with Gasteiger partial charge in [-0.1, -0.05) is 15.9 Å². The van der Waals surface area contributed by atoms with Crippen LogP contribution in [0.1, 0.15) is 5.56 Å². The van der Waals surface area contributed by atoms with E-state index in [2.05, 4.69) is 31.0 Å². The molecule has 0 saturated carbocycles. The van der Waals surface area contributed by atoms with E-state index in [1.54, 1.807) is 10.9 Å². The minimum atomic E-state index is 0.603. The Labute approximate surface area is 112 Å². The highest BCUT2D eigenvalue weighted by Gasteiger charge is 2.13. The van der Waals surface area contributed by atoms with Crippen LogP contribution < -0.4 is 5.73 Å². The topological polar surface area (TPSA) is 72.5 Å². The average Bonchev–Trinajstić information content (AvgIpc) is 2.84. The van der Waals surface area contributed by atoms with Gasteiger partial charge in [-0.3, -0.25) is 4.68 Å². The first-order valence-corrected chi connectivity index (χ1v) is 6.29. The van der Waals surface area contributed by atoms with Gasteiger partial charge in [-0.25, -0.2) is 4.98 Å². The average molecular weight is 306 g/mol. The van der Waals surface area contributed by atoms with Crippen LogP contribution in [0.25, 0.3) is 22.4 Å². The number of imidazole rings is 1. The number of H-pyrrole nitrogens is 1. The summed E-state index contributed by atoms with van der Waals surface area (Å²) in [7, 11) is 1.81. The number of fused-ring (bicyclic) bond motifs is 1. The summed E-state index contributed by atoms with van der Waals surface area (Å²) in [5, 5.41) is 4.13. The number of aromatic amines is 1. The van der Waals surface area contributed by atoms with Crippen LogP contribution in [0.2, 0.25) is 0 Å². The number of benzene rings is 1. The molecule has 1 aromatic carbocycles. The number of aryl methyl sites for hydroxylation is 2. The van der Waals surface area contributed by atoms with Crippen LogP contribution in [0.4, 0.5) is 5.82 Å². The summed E-state index contributed by atoms with van der Waals surface area (Å²) >= 11 is 3.48. The predicted molar refractivity (Wildman–Crippen MR) is 75.1 cm³/mol. The predicted octanol–water partition coefficient (Wildman–Crippen LogP) is 2.62. The van der Waals surface area contributed by atoms with Gasteiger partial charge in [0.05, 0.1) is 22.8 Å². The maximum atomic E-state index is 5.96. The molecule has 0 amide bonds. The van der Waals surface area contributed by atoms with Crippen LogP contribution >= 0.6 is 15.9 Å². The number of hydrogen-bond donors (Lipinski definition) is 2. The molecule has 0 atom stereocenters. The van der Waals surface area contributed by atoms with Crippen molar-refractivity contribution in [2.75, 3.05) is 5.73 Å². The Kier molecular flexibility index (Phi) is 2.41. The number of nitrogens with two attached hydrogens (primary N) is 1. The lowest BCUT2D eigenvalue weighted by molar-refractivity contribution is 0.779. The SMILES string of the molecule is Cc1cc(Br)cc2[nH]c(-c3cnn(C)c3N)nc12. The monoisotopic (exact) mass is 305 g/mol. The second kappa shape index (κ2) is 3.84. The van der Waals surface area contributed by atoms with Gasteiger partial charge in [-0.15, -0.1) is 0 Å². The third-order valence-electron chi connectivity index (χ3n) is 2.98. The van der Waals surface area contributed by atoms with Crippen LogP contribution in [0.15, 0.2) is 22.8 Å². The molecule has 0 spiro atoms. The van der Waals surface area contributed by atoms with E-state index < -0.39 is 0 Å². The summed E-state index contributed by atoms with van der Waals surface area (Å²) < 4.78 is 2.66. The van der Waals surface area contributed by atoms with Crippen molar-refractivity contribution in [2.24, 2.45) is 7.05 Å². The Balaban J connectivity index is 2.25. The van der Waals surface area contributed by atoms with Crippen molar-refractivity contribution in [3.05, 3.63) is 28.4 Å². The molecule has 5 nitrogen and oxygen atoms in total. The van der Waals surface area contributed by atoms with Gasteiger partial charge in [0, 0.05) is 11.5 Å². The molecular weight excluding hydrogens is 294 g/mol. The fraction of sp³-hybridized carbons (Fsp3) is 0.167. The Hall–Kier alpha value is -1.82. The highest BCUT2D eigenvalue weighted by molar-refractivity contribution is 9.10. The number of hydrogen-bond acceptors (Lipinski definition) is 3. The summed E-state index contributed by atoms with van der Waals surface area (Å²) in [6, 6.07) is 4.05. The zero-order valence-corrected chi connectivity index (χ0v) is 11.6. The summed E-state index contributed by atoms with van der Waals surface area (Å²) in [6.45, 7) is 2.03. The molecule has 18 heavy (non-hydrogen) atoms. The third kappa shape index (κ3) is 1.60.